The summed E-state index contributed by atoms with van der Waals surface area (Å²) in [4.78, 5) is 8.13. The van der Waals surface area contributed by atoms with Crippen molar-refractivity contribution in [3.05, 3.63) is 77.9 Å². The van der Waals surface area contributed by atoms with Crippen molar-refractivity contribution in [2.24, 2.45) is 4.99 Å². The van der Waals surface area contributed by atoms with Crippen LogP contribution in [0.2, 0.25) is 0 Å². The molecule has 0 atom stereocenters. The smallest absolute Gasteiger partial charge is 0.367 e. The highest BCUT2D eigenvalue weighted by molar-refractivity contribution is 5.79. The van der Waals surface area contributed by atoms with Crippen molar-refractivity contribution in [1.29, 1.82) is 0 Å². The Morgan fingerprint density at radius 2 is 1.55 bits per heavy atom. The second-order valence-electron chi connectivity index (χ2n) is 6.71. The number of nitrogens with zero attached hydrogens (tertiary/aromatic N) is 4. The largest absolute Gasteiger partial charge is 0.411 e. The van der Waals surface area contributed by atoms with E-state index in [0.717, 1.165) is 16.8 Å². The fourth-order valence-electron chi connectivity index (χ4n) is 2.74. The van der Waals surface area contributed by atoms with Gasteiger partial charge in [-0.15, -0.1) is 0 Å². The predicted molar refractivity (Wildman–Crippen MR) is 111 cm³/mol. The topological polar surface area (TPSA) is 76.4 Å². The normalized spacial score (nSPS) is 12.1. The van der Waals surface area contributed by atoms with Crippen LogP contribution in [0.25, 0.3) is 5.69 Å². The molecule has 3 rings (SSSR count). The van der Waals surface area contributed by atoms with Crippen LogP contribution in [0.15, 0.2) is 66.2 Å². The second kappa shape index (κ2) is 10.6. The monoisotopic (exact) mass is 432 g/mol. The molecule has 164 valence electrons. The number of hydrogen-bond acceptors (Lipinski definition) is 4. The van der Waals surface area contributed by atoms with Gasteiger partial charge < -0.3 is 15.4 Å². The molecule has 0 radical (unpaired) electrons. The van der Waals surface area contributed by atoms with Gasteiger partial charge >= 0.3 is 6.18 Å². The minimum absolute atomic E-state index is 0.0772. The van der Waals surface area contributed by atoms with Crippen molar-refractivity contribution < 1.29 is 17.9 Å². The SMILES string of the molecule is CN=C(NCc1ccc(COCC(F)(F)F)cc1)NCc1ccc(-n2cncn2)cc1. The Morgan fingerprint density at radius 1 is 0.968 bits per heavy atom. The zero-order chi connectivity index (χ0) is 22.1. The van der Waals surface area contributed by atoms with Crippen LogP contribution >= 0.6 is 0 Å². The van der Waals surface area contributed by atoms with Crippen molar-refractivity contribution in [1.82, 2.24) is 25.4 Å². The maximum absolute atomic E-state index is 12.1. The number of benzene rings is 2. The number of nitrogens with one attached hydrogen (secondary N) is 2. The Balaban J connectivity index is 1.43. The lowest BCUT2D eigenvalue weighted by molar-refractivity contribution is -0.176. The Hall–Kier alpha value is -3.40. The van der Waals surface area contributed by atoms with E-state index >= 15 is 0 Å². The Kier molecular flexibility index (Phi) is 7.60. The quantitative estimate of drug-likeness (QED) is 0.422. The van der Waals surface area contributed by atoms with E-state index in [1.165, 1.54) is 6.33 Å². The zero-order valence-corrected chi connectivity index (χ0v) is 16.9. The van der Waals surface area contributed by atoms with Crippen LogP contribution in [-0.2, 0) is 24.4 Å². The van der Waals surface area contributed by atoms with Gasteiger partial charge in [0.25, 0.3) is 0 Å². The molecule has 3 aromatic rings. The molecule has 31 heavy (non-hydrogen) atoms. The first-order valence-electron chi connectivity index (χ1n) is 9.54. The molecular formula is C21H23F3N6O. The first kappa shape index (κ1) is 22.3. The van der Waals surface area contributed by atoms with Gasteiger partial charge in [0.05, 0.1) is 12.3 Å². The Labute approximate surface area is 178 Å². The summed E-state index contributed by atoms with van der Waals surface area (Å²) < 4.78 is 42.7. The molecule has 7 nitrogen and oxygen atoms in total. The summed E-state index contributed by atoms with van der Waals surface area (Å²) in [7, 11) is 1.68. The van der Waals surface area contributed by atoms with Gasteiger partial charge in [0.1, 0.15) is 19.3 Å². The van der Waals surface area contributed by atoms with E-state index in [-0.39, 0.29) is 6.61 Å². The molecule has 0 amide bonds. The van der Waals surface area contributed by atoms with Crippen molar-refractivity contribution >= 4 is 5.96 Å². The lowest BCUT2D eigenvalue weighted by Crippen LogP contribution is -2.36. The molecule has 0 aliphatic carbocycles. The summed E-state index contributed by atoms with van der Waals surface area (Å²) in [6.07, 6.45) is -1.19. The highest BCUT2D eigenvalue weighted by Crippen LogP contribution is 2.16. The molecule has 2 aromatic carbocycles. The second-order valence-corrected chi connectivity index (χ2v) is 6.71. The van der Waals surface area contributed by atoms with Crippen LogP contribution in [0.5, 0.6) is 0 Å². The van der Waals surface area contributed by atoms with Crippen LogP contribution in [0.1, 0.15) is 16.7 Å². The fraction of sp³-hybridized carbons (Fsp3) is 0.286. The summed E-state index contributed by atoms with van der Waals surface area (Å²) in [6, 6.07) is 15.1. The number of guanidine groups is 1. The van der Waals surface area contributed by atoms with Crippen LogP contribution in [0.4, 0.5) is 13.2 Å². The summed E-state index contributed by atoms with van der Waals surface area (Å²) >= 11 is 0. The van der Waals surface area contributed by atoms with Gasteiger partial charge in [0.2, 0.25) is 0 Å². The molecule has 2 N–H and O–H groups in total. The maximum atomic E-state index is 12.1. The van der Waals surface area contributed by atoms with Crippen molar-refractivity contribution in [3.8, 4) is 5.69 Å². The maximum Gasteiger partial charge on any atom is 0.411 e. The Morgan fingerprint density at radius 3 is 2.06 bits per heavy atom. The minimum atomic E-state index is -4.31. The van der Waals surface area contributed by atoms with Gasteiger partial charge in [-0.2, -0.15) is 18.3 Å². The first-order valence-corrected chi connectivity index (χ1v) is 9.54. The molecule has 1 heterocycles. The standard InChI is InChI=1S/C21H23F3N6O/c1-25-20(28-11-17-6-8-19(9-7-17)30-15-26-14-29-30)27-10-16-2-4-18(5-3-16)12-31-13-21(22,23)24/h2-9,14-15H,10-13H2,1H3,(H2,25,27,28). The van der Waals surface area contributed by atoms with Gasteiger partial charge in [-0.3, -0.25) is 4.99 Å². The zero-order valence-electron chi connectivity index (χ0n) is 16.9. The molecule has 0 saturated heterocycles. The molecule has 0 aliphatic heterocycles. The third kappa shape index (κ3) is 7.41. The first-order chi connectivity index (χ1) is 14.9. The molecule has 0 aliphatic rings. The Bertz CT molecular complexity index is 954. The number of halogens is 3. The van der Waals surface area contributed by atoms with Crippen molar-refractivity contribution in [3.63, 3.8) is 0 Å². The van der Waals surface area contributed by atoms with E-state index in [4.69, 9.17) is 0 Å². The number of rotatable bonds is 8. The van der Waals surface area contributed by atoms with Crippen LogP contribution in [0, 0.1) is 0 Å². The average Bonchev–Trinajstić information content (AvgIpc) is 3.29. The lowest BCUT2D eigenvalue weighted by atomic mass is 10.1. The minimum Gasteiger partial charge on any atom is -0.367 e. The third-order valence-electron chi connectivity index (χ3n) is 4.32. The average molecular weight is 432 g/mol. The molecule has 0 bridgehead atoms. The van der Waals surface area contributed by atoms with Gasteiger partial charge in [0.15, 0.2) is 5.96 Å². The van der Waals surface area contributed by atoms with E-state index in [9.17, 15) is 13.2 Å². The summed E-state index contributed by atoms with van der Waals surface area (Å²) in [6.45, 7) is -0.213. The molecule has 10 heteroatoms. The van der Waals surface area contributed by atoms with Crippen LogP contribution < -0.4 is 10.6 Å². The lowest BCUT2D eigenvalue weighted by Gasteiger charge is -2.13. The van der Waals surface area contributed by atoms with Crippen LogP contribution in [-0.4, -0.2) is 40.6 Å². The van der Waals surface area contributed by atoms with Gasteiger partial charge in [-0.05, 0) is 28.8 Å². The van der Waals surface area contributed by atoms with E-state index in [1.54, 1.807) is 30.2 Å². The highest BCUT2D eigenvalue weighted by atomic mass is 19.4. The van der Waals surface area contributed by atoms with Gasteiger partial charge in [-0.25, -0.2) is 9.67 Å². The predicted octanol–water partition coefficient (Wildman–Crippen LogP) is 3.21. The number of alkyl halides is 3. The third-order valence-corrected chi connectivity index (χ3v) is 4.32. The summed E-state index contributed by atoms with van der Waals surface area (Å²) in [5.41, 5.74) is 3.66. The summed E-state index contributed by atoms with van der Waals surface area (Å²) in [5, 5.41) is 10.5. The molecule has 0 unspecified atom stereocenters. The number of aromatic nitrogens is 3. The summed E-state index contributed by atoms with van der Waals surface area (Å²) in [5.74, 6) is 0.637. The number of hydrogen-bond donors (Lipinski definition) is 2. The van der Waals surface area contributed by atoms with E-state index in [0.29, 0.717) is 24.6 Å². The van der Waals surface area contributed by atoms with Crippen LogP contribution in [0.3, 0.4) is 0 Å². The number of aliphatic imine (C=N–C) groups is 1. The molecule has 0 fully saturated rings. The van der Waals surface area contributed by atoms with Gasteiger partial charge in [0, 0.05) is 20.1 Å². The van der Waals surface area contributed by atoms with Gasteiger partial charge in [-0.1, -0.05) is 36.4 Å². The molecular weight excluding hydrogens is 409 g/mol. The fourth-order valence-corrected chi connectivity index (χ4v) is 2.74. The highest BCUT2D eigenvalue weighted by Gasteiger charge is 2.27. The molecule has 1 aromatic heterocycles. The van der Waals surface area contributed by atoms with E-state index < -0.39 is 12.8 Å². The number of ether oxygens (including phenoxy) is 1. The van der Waals surface area contributed by atoms with Crippen molar-refractivity contribution in [2.75, 3.05) is 13.7 Å². The van der Waals surface area contributed by atoms with Crippen molar-refractivity contribution in [2.45, 2.75) is 25.9 Å². The van der Waals surface area contributed by atoms with E-state index in [1.807, 2.05) is 36.4 Å². The molecule has 0 spiro atoms. The van der Waals surface area contributed by atoms with E-state index in [2.05, 4.69) is 30.4 Å². The molecule has 0 saturated carbocycles.